The summed E-state index contributed by atoms with van der Waals surface area (Å²) in [7, 11) is 0. The molecular weight excluding hydrogens is 242 g/mol. The predicted molar refractivity (Wildman–Crippen MR) is 79.7 cm³/mol. The van der Waals surface area contributed by atoms with E-state index in [0.29, 0.717) is 0 Å². The van der Waals surface area contributed by atoms with Crippen LogP contribution in [0, 0.1) is 0 Å². The van der Waals surface area contributed by atoms with Crippen LogP contribution in [0.5, 0.6) is 0 Å². The number of thioether (sulfide) groups is 1. The molecule has 1 fully saturated rings. The van der Waals surface area contributed by atoms with Crippen LogP contribution in [-0.2, 0) is 4.74 Å². The van der Waals surface area contributed by atoms with Crippen LogP contribution in [0.2, 0.25) is 0 Å². The first-order chi connectivity index (χ1) is 8.67. The third kappa shape index (κ3) is 3.21. The molecule has 18 heavy (non-hydrogen) atoms. The van der Waals surface area contributed by atoms with E-state index >= 15 is 0 Å². The molecule has 0 aromatic heterocycles. The lowest BCUT2D eigenvalue weighted by Crippen LogP contribution is -2.50. The maximum Gasteiger partial charge on any atom is 0.0829 e. The number of hydrogen-bond acceptors (Lipinski definition) is 3. The van der Waals surface area contributed by atoms with Crippen LogP contribution in [0.1, 0.15) is 26.7 Å². The van der Waals surface area contributed by atoms with Crippen molar-refractivity contribution in [1.29, 1.82) is 0 Å². The van der Waals surface area contributed by atoms with Gasteiger partial charge in [-0.1, -0.05) is 13.3 Å². The van der Waals surface area contributed by atoms with Gasteiger partial charge in [0.25, 0.3) is 0 Å². The summed E-state index contributed by atoms with van der Waals surface area (Å²) >= 11 is 1.79. The molecule has 100 valence electrons. The fraction of sp³-hybridized carbons (Fsp3) is 0.600. The van der Waals surface area contributed by atoms with Gasteiger partial charge in [-0.3, -0.25) is 0 Å². The Labute approximate surface area is 115 Å². The summed E-state index contributed by atoms with van der Waals surface area (Å²) in [5, 5.41) is 0. The van der Waals surface area contributed by atoms with Crippen LogP contribution in [0.15, 0.2) is 29.2 Å². The standard InChI is InChI=1S/C15H23NOS/c1-4-9-15(2)12-16(10-11-17-15)13-5-7-14(18-3)8-6-13/h5-8H,4,9-12H2,1-3H3. The molecule has 2 rings (SSSR count). The second-order valence-corrected chi connectivity index (χ2v) is 6.05. The van der Waals surface area contributed by atoms with Gasteiger partial charge in [0.1, 0.15) is 0 Å². The number of nitrogens with zero attached hydrogens (tertiary/aromatic N) is 1. The quantitative estimate of drug-likeness (QED) is 0.768. The van der Waals surface area contributed by atoms with Crippen LogP contribution in [0.4, 0.5) is 5.69 Å². The molecule has 1 aromatic rings. The summed E-state index contributed by atoms with van der Waals surface area (Å²) in [5.41, 5.74) is 1.34. The van der Waals surface area contributed by atoms with Crippen molar-refractivity contribution in [3.8, 4) is 0 Å². The molecule has 0 aliphatic carbocycles. The van der Waals surface area contributed by atoms with Crippen molar-refractivity contribution in [3.05, 3.63) is 24.3 Å². The van der Waals surface area contributed by atoms with Crippen LogP contribution >= 0.6 is 11.8 Å². The number of ether oxygens (including phenoxy) is 1. The Morgan fingerprint density at radius 3 is 2.67 bits per heavy atom. The van der Waals surface area contributed by atoms with Gasteiger partial charge < -0.3 is 9.64 Å². The average Bonchev–Trinajstić information content (AvgIpc) is 2.39. The number of hydrogen-bond donors (Lipinski definition) is 0. The fourth-order valence-corrected chi connectivity index (χ4v) is 3.03. The maximum absolute atomic E-state index is 5.96. The molecule has 1 saturated heterocycles. The SMILES string of the molecule is CCCC1(C)CN(c2ccc(SC)cc2)CCO1. The number of benzene rings is 1. The first-order valence-electron chi connectivity index (χ1n) is 6.70. The third-order valence-corrected chi connectivity index (χ3v) is 4.30. The van der Waals surface area contributed by atoms with Gasteiger partial charge in [0.05, 0.1) is 12.2 Å². The van der Waals surface area contributed by atoms with Crippen molar-refractivity contribution in [2.75, 3.05) is 30.9 Å². The minimum Gasteiger partial charge on any atom is -0.372 e. The van der Waals surface area contributed by atoms with E-state index in [4.69, 9.17) is 4.74 Å². The summed E-state index contributed by atoms with van der Waals surface area (Å²) < 4.78 is 5.96. The zero-order valence-corrected chi connectivity index (χ0v) is 12.4. The van der Waals surface area contributed by atoms with Crippen molar-refractivity contribution < 1.29 is 4.74 Å². The molecular formula is C15H23NOS. The van der Waals surface area contributed by atoms with Gasteiger partial charge in [0, 0.05) is 23.7 Å². The van der Waals surface area contributed by atoms with E-state index in [0.717, 1.165) is 26.1 Å². The molecule has 0 bridgehead atoms. The predicted octanol–water partition coefficient (Wildman–Crippen LogP) is 3.80. The Bertz CT molecular complexity index is 375. The van der Waals surface area contributed by atoms with Crippen molar-refractivity contribution >= 4 is 17.4 Å². The van der Waals surface area contributed by atoms with Gasteiger partial charge in [-0.25, -0.2) is 0 Å². The molecule has 3 heteroatoms. The minimum atomic E-state index is 0.0190. The van der Waals surface area contributed by atoms with Crippen LogP contribution in [-0.4, -0.2) is 31.6 Å². The molecule has 0 saturated carbocycles. The lowest BCUT2D eigenvalue weighted by atomic mass is 9.98. The van der Waals surface area contributed by atoms with E-state index in [1.54, 1.807) is 11.8 Å². The smallest absolute Gasteiger partial charge is 0.0829 e. The zero-order chi connectivity index (χ0) is 13.0. The van der Waals surface area contributed by atoms with Gasteiger partial charge >= 0.3 is 0 Å². The van der Waals surface area contributed by atoms with Crippen molar-refractivity contribution in [3.63, 3.8) is 0 Å². The van der Waals surface area contributed by atoms with Gasteiger partial charge in [-0.15, -0.1) is 11.8 Å². The van der Waals surface area contributed by atoms with E-state index in [1.165, 1.54) is 17.0 Å². The summed E-state index contributed by atoms with van der Waals surface area (Å²) in [6.45, 7) is 7.29. The largest absolute Gasteiger partial charge is 0.372 e. The highest BCUT2D eigenvalue weighted by molar-refractivity contribution is 7.98. The second kappa shape index (κ2) is 5.98. The van der Waals surface area contributed by atoms with E-state index in [9.17, 15) is 0 Å². The van der Waals surface area contributed by atoms with Gasteiger partial charge in [0.15, 0.2) is 0 Å². The zero-order valence-electron chi connectivity index (χ0n) is 11.6. The molecule has 0 radical (unpaired) electrons. The highest BCUT2D eigenvalue weighted by Crippen LogP contribution is 2.28. The molecule has 0 spiro atoms. The Hall–Kier alpha value is -0.670. The summed E-state index contributed by atoms with van der Waals surface area (Å²) in [4.78, 5) is 3.77. The average molecular weight is 265 g/mol. The van der Waals surface area contributed by atoms with Crippen molar-refractivity contribution in [2.45, 2.75) is 37.2 Å². The maximum atomic E-state index is 5.96. The van der Waals surface area contributed by atoms with Gasteiger partial charge in [0.2, 0.25) is 0 Å². The molecule has 1 aliphatic rings. The van der Waals surface area contributed by atoms with E-state index in [-0.39, 0.29) is 5.60 Å². The van der Waals surface area contributed by atoms with Crippen molar-refractivity contribution in [1.82, 2.24) is 0 Å². The van der Waals surface area contributed by atoms with Crippen molar-refractivity contribution in [2.24, 2.45) is 0 Å². The van der Waals surface area contributed by atoms with Gasteiger partial charge in [-0.2, -0.15) is 0 Å². The number of rotatable bonds is 4. The number of morpholine rings is 1. The lowest BCUT2D eigenvalue weighted by molar-refractivity contribution is -0.0477. The first kappa shape index (κ1) is 13.8. The minimum absolute atomic E-state index is 0.0190. The lowest BCUT2D eigenvalue weighted by Gasteiger charge is -2.41. The van der Waals surface area contributed by atoms with Gasteiger partial charge in [-0.05, 0) is 43.9 Å². The molecule has 1 aromatic carbocycles. The molecule has 1 unspecified atom stereocenters. The summed E-state index contributed by atoms with van der Waals surface area (Å²) in [6.07, 6.45) is 4.42. The Balaban J connectivity index is 2.07. The molecule has 0 N–H and O–H groups in total. The molecule has 0 amide bonds. The molecule has 2 nitrogen and oxygen atoms in total. The highest BCUT2D eigenvalue weighted by Gasteiger charge is 2.31. The fourth-order valence-electron chi connectivity index (χ4n) is 2.62. The first-order valence-corrected chi connectivity index (χ1v) is 7.92. The monoisotopic (exact) mass is 265 g/mol. The normalized spacial score (nSPS) is 24.3. The number of anilines is 1. The van der Waals surface area contributed by atoms with E-state index in [2.05, 4.69) is 49.3 Å². The van der Waals surface area contributed by atoms with Crippen LogP contribution < -0.4 is 4.90 Å². The molecule has 1 aliphatic heterocycles. The topological polar surface area (TPSA) is 12.5 Å². The Kier molecular flexibility index (Phi) is 4.57. The van der Waals surface area contributed by atoms with E-state index < -0.39 is 0 Å². The van der Waals surface area contributed by atoms with E-state index in [1.807, 2.05) is 0 Å². The second-order valence-electron chi connectivity index (χ2n) is 5.17. The summed E-state index contributed by atoms with van der Waals surface area (Å²) in [6, 6.07) is 8.85. The van der Waals surface area contributed by atoms with Crippen LogP contribution in [0.3, 0.4) is 0 Å². The van der Waals surface area contributed by atoms with Crippen LogP contribution in [0.25, 0.3) is 0 Å². The third-order valence-electron chi connectivity index (χ3n) is 3.55. The Morgan fingerprint density at radius 2 is 2.06 bits per heavy atom. The highest BCUT2D eigenvalue weighted by atomic mass is 32.2. The Morgan fingerprint density at radius 1 is 1.33 bits per heavy atom. The summed E-state index contributed by atoms with van der Waals surface area (Å²) in [5.74, 6) is 0. The molecule has 1 atom stereocenters. The molecule has 1 heterocycles.